The van der Waals surface area contributed by atoms with E-state index in [1.165, 1.54) is 0 Å². The van der Waals surface area contributed by atoms with Gasteiger partial charge < -0.3 is 9.30 Å². The second-order valence-electron chi connectivity index (χ2n) is 4.99. The zero-order valence-electron chi connectivity index (χ0n) is 13.0. The normalized spacial score (nSPS) is 14.3. The lowest BCUT2D eigenvalue weighted by atomic mass is 10.2. The molecule has 0 aliphatic rings. The van der Waals surface area contributed by atoms with Crippen LogP contribution in [-0.4, -0.2) is 33.2 Å². The van der Waals surface area contributed by atoms with Crippen LogP contribution in [0, 0.1) is 0 Å². The molecule has 0 aromatic carbocycles. The smallest absolute Gasteiger partial charge is 0.215 e. The van der Waals surface area contributed by atoms with Gasteiger partial charge in [-0.25, -0.2) is 4.98 Å². The third-order valence-electron chi connectivity index (χ3n) is 3.43. The maximum absolute atomic E-state index is 6.31. The van der Waals surface area contributed by atoms with Crippen molar-refractivity contribution >= 4 is 34.5 Å². The van der Waals surface area contributed by atoms with Crippen LogP contribution in [0.3, 0.4) is 0 Å². The summed E-state index contributed by atoms with van der Waals surface area (Å²) >= 11 is 8.26. The van der Waals surface area contributed by atoms with Gasteiger partial charge in [-0.15, -0.1) is 11.6 Å². The first-order valence-electron chi connectivity index (χ1n) is 7.23. The van der Waals surface area contributed by atoms with Crippen LogP contribution in [0.2, 0.25) is 0 Å². The zero-order valence-corrected chi connectivity index (χ0v) is 14.5. The quantitative estimate of drug-likeness (QED) is 0.556. The van der Waals surface area contributed by atoms with E-state index in [0.29, 0.717) is 11.9 Å². The fourth-order valence-corrected chi connectivity index (χ4v) is 3.28. The maximum atomic E-state index is 6.31. The van der Waals surface area contributed by atoms with Gasteiger partial charge >= 0.3 is 0 Å². The van der Waals surface area contributed by atoms with Gasteiger partial charge in [0.1, 0.15) is 11.3 Å². The SMILES string of the molecule is CCSCCC(C)n1c(C(C)Cl)nc2ccc(OC)nc21. The Balaban J connectivity index is 2.43. The van der Waals surface area contributed by atoms with Gasteiger partial charge in [-0.05, 0) is 37.8 Å². The fraction of sp³-hybridized carbons (Fsp3) is 0.600. The van der Waals surface area contributed by atoms with E-state index in [2.05, 4.69) is 28.4 Å². The molecule has 2 aromatic heterocycles. The molecule has 0 amide bonds. The van der Waals surface area contributed by atoms with Gasteiger partial charge in [0, 0.05) is 12.1 Å². The molecule has 21 heavy (non-hydrogen) atoms. The number of thioether (sulfide) groups is 1. The van der Waals surface area contributed by atoms with E-state index in [-0.39, 0.29) is 5.38 Å². The number of rotatable bonds is 7. The lowest BCUT2D eigenvalue weighted by molar-refractivity contribution is 0.398. The van der Waals surface area contributed by atoms with E-state index >= 15 is 0 Å². The second kappa shape index (κ2) is 7.36. The molecule has 0 saturated heterocycles. The largest absolute Gasteiger partial charge is 0.481 e. The van der Waals surface area contributed by atoms with E-state index < -0.39 is 0 Å². The monoisotopic (exact) mass is 327 g/mol. The summed E-state index contributed by atoms with van der Waals surface area (Å²) in [4.78, 5) is 9.20. The predicted octanol–water partition coefficient (Wildman–Crippen LogP) is 4.44. The Morgan fingerprint density at radius 1 is 1.33 bits per heavy atom. The van der Waals surface area contributed by atoms with Crippen LogP contribution < -0.4 is 4.74 Å². The highest BCUT2D eigenvalue weighted by molar-refractivity contribution is 7.99. The highest BCUT2D eigenvalue weighted by Gasteiger charge is 2.20. The van der Waals surface area contributed by atoms with E-state index in [4.69, 9.17) is 16.3 Å². The molecule has 2 atom stereocenters. The van der Waals surface area contributed by atoms with Gasteiger partial charge in [0.2, 0.25) is 5.88 Å². The topological polar surface area (TPSA) is 39.9 Å². The van der Waals surface area contributed by atoms with Crippen molar-refractivity contribution in [3.63, 3.8) is 0 Å². The first kappa shape index (κ1) is 16.4. The molecule has 2 aromatic rings. The van der Waals surface area contributed by atoms with Crippen LogP contribution in [0.15, 0.2) is 12.1 Å². The molecule has 0 aliphatic carbocycles. The average molecular weight is 328 g/mol. The Morgan fingerprint density at radius 3 is 2.71 bits per heavy atom. The Bertz CT molecular complexity index is 600. The number of pyridine rings is 1. The van der Waals surface area contributed by atoms with Crippen LogP contribution in [0.1, 0.15) is 44.4 Å². The van der Waals surface area contributed by atoms with Gasteiger partial charge in [-0.2, -0.15) is 16.7 Å². The number of halogens is 1. The summed E-state index contributed by atoms with van der Waals surface area (Å²) in [7, 11) is 1.63. The molecule has 0 N–H and O–H groups in total. The third-order valence-corrected chi connectivity index (χ3v) is 4.56. The summed E-state index contributed by atoms with van der Waals surface area (Å²) in [6.07, 6.45) is 1.07. The standard InChI is InChI=1S/C15H22ClN3OS/c1-5-21-9-8-10(2)19-14(11(3)16)17-12-6-7-13(20-4)18-15(12)19/h6-7,10-11H,5,8-9H2,1-4H3. The van der Waals surface area contributed by atoms with Crippen molar-refractivity contribution in [2.24, 2.45) is 0 Å². The van der Waals surface area contributed by atoms with Crippen LogP contribution >= 0.6 is 23.4 Å². The maximum Gasteiger partial charge on any atom is 0.215 e. The van der Waals surface area contributed by atoms with E-state index in [1.54, 1.807) is 7.11 Å². The predicted molar refractivity (Wildman–Crippen MR) is 90.7 cm³/mol. The van der Waals surface area contributed by atoms with Gasteiger partial charge in [-0.1, -0.05) is 6.92 Å². The Hall–Kier alpha value is -0.940. The third kappa shape index (κ3) is 3.64. The molecule has 0 aliphatic heterocycles. The number of methoxy groups -OCH3 is 1. The van der Waals surface area contributed by atoms with Gasteiger partial charge in [0.15, 0.2) is 5.65 Å². The summed E-state index contributed by atoms with van der Waals surface area (Å²) in [6.45, 7) is 6.33. The van der Waals surface area contributed by atoms with Crippen molar-refractivity contribution in [1.29, 1.82) is 0 Å². The summed E-state index contributed by atoms with van der Waals surface area (Å²) in [5.41, 5.74) is 1.72. The minimum atomic E-state index is -0.147. The van der Waals surface area contributed by atoms with Crippen molar-refractivity contribution in [2.45, 2.75) is 38.6 Å². The molecular weight excluding hydrogens is 306 g/mol. The molecular formula is C15H22ClN3OS. The lowest BCUT2D eigenvalue weighted by Gasteiger charge is -2.18. The first-order chi connectivity index (χ1) is 10.1. The number of imidazole rings is 1. The highest BCUT2D eigenvalue weighted by atomic mass is 35.5. The molecule has 0 bridgehead atoms. The minimum absolute atomic E-state index is 0.147. The summed E-state index contributed by atoms with van der Waals surface area (Å²) in [6, 6.07) is 4.08. The number of hydrogen-bond donors (Lipinski definition) is 0. The molecule has 0 fully saturated rings. The number of hydrogen-bond acceptors (Lipinski definition) is 4. The van der Waals surface area contributed by atoms with E-state index in [1.807, 2.05) is 30.8 Å². The molecule has 6 heteroatoms. The summed E-state index contributed by atoms with van der Waals surface area (Å²) < 4.78 is 7.39. The molecule has 0 spiro atoms. The zero-order chi connectivity index (χ0) is 15.4. The number of nitrogens with zero attached hydrogens (tertiary/aromatic N) is 3. The molecule has 0 saturated carbocycles. The fourth-order valence-electron chi connectivity index (χ4n) is 2.33. The van der Waals surface area contributed by atoms with E-state index in [0.717, 1.165) is 34.9 Å². The summed E-state index contributed by atoms with van der Waals surface area (Å²) in [5.74, 6) is 3.74. The van der Waals surface area contributed by atoms with Crippen LogP contribution in [0.25, 0.3) is 11.2 Å². The number of ether oxygens (including phenoxy) is 1. The molecule has 2 heterocycles. The molecule has 0 radical (unpaired) electrons. The Kier molecular flexibility index (Phi) is 5.76. The van der Waals surface area contributed by atoms with E-state index in [9.17, 15) is 0 Å². The summed E-state index contributed by atoms with van der Waals surface area (Å²) in [5, 5.41) is -0.147. The van der Waals surface area contributed by atoms with Crippen molar-refractivity contribution < 1.29 is 4.74 Å². The van der Waals surface area contributed by atoms with Crippen molar-refractivity contribution in [3.8, 4) is 5.88 Å². The van der Waals surface area contributed by atoms with Crippen LogP contribution in [0.4, 0.5) is 0 Å². The number of fused-ring (bicyclic) bond motifs is 1. The lowest BCUT2D eigenvalue weighted by Crippen LogP contribution is -2.11. The van der Waals surface area contributed by atoms with Gasteiger partial charge in [0.05, 0.1) is 12.5 Å². The number of aromatic nitrogens is 3. The van der Waals surface area contributed by atoms with Crippen molar-refractivity contribution in [2.75, 3.05) is 18.6 Å². The molecule has 2 unspecified atom stereocenters. The number of alkyl halides is 1. The average Bonchev–Trinajstić information content (AvgIpc) is 2.86. The van der Waals surface area contributed by atoms with Crippen molar-refractivity contribution in [3.05, 3.63) is 18.0 Å². The van der Waals surface area contributed by atoms with Crippen LogP contribution in [-0.2, 0) is 0 Å². The second-order valence-corrected chi connectivity index (χ2v) is 7.04. The first-order valence-corrected chi connectivity index (χ1v) is 8.82. The van der Waals surface area contributed by atoms with Crippen molar-refractivity contribution in [1.82, 2.24) is 14.5 Å². The van der Waals surface area contributed by atoms with Gasteiger partial charge in [-0.3, -0.25) is 0 Å². The molecule has 2 rings (SSSR count). The van der Waals surface area contributed by atoms with Gasteiger partial charge in [0.25, 0.3) is 0 Å². The Morgan fingerprint density at radius 2 is 2.10 bits per heavy atom. The van der Waals surface area contributed by atoms with Crippen LogP contribution in [0.5, 0.6) is 5.88 Å². The molecule has 116 valence electrons. The Labute approximate surface area is 135 Å². The highest BCUT2D eigenvalue weighted by Crippen LogP contribution is 2.30. The minimum Gasteiger partial charge on any atom is -0.481 e. The molecule has 4 nitrogen and oxygen atoms in total.